The van der Waals surface area contributed by atoms with Gasteiger partial charge in [0.15, 0.2) is 5.96 Å². The highest BCUT2D eigenvalue weighted by Crippen LogP contribution is 2.15. The van der Waals surface area contributed by atoms with Crippen molar-refractivity contribution in [1.82, 2.24) is 15.5 Å². The Balaban J connectivity index is 0.00000320. The summed E-state index contributed by atoms with van der Waals surface area (Å²) in [5.74, 6) is 1.78. The molecule has 0 aromatic heterocycles. The smallest absolute Gasteiger partial charge is 0.191 e. The van der Waals surface area contributed by atoms with E-state index in [1.54, 1.807) is 0 Å². The van der Waals surface area contributed by atoms with Crippen molar-refractivity contribution >= 4 is 29.9 Å². The average Bonchev–Trinajstić information content (AvgIpc) is 2.74. The van der Waals surface area contributed by atoms with Crippen LogP contribution < -0.4 is 15.4 Å². The number of benzene rings is 2. The van der Waals surface area contributed by atoms with Crippen molar-refractivity contribution in [1.29, 1.82) is 0 Å². The maximum Gasteiger partial charge on any atom is 0.191 e. The molecule has 3 rings (SSSR count). The second-order valence-electron chi connectivity index (χ2n) is 7.92. The molecule has 2 aromatic rings. The van der Waals surface area contributed by atoms with E-state index in [0.29, 0.717) is 6.04 Å². The zero-order chi connectivity index (χ0) is 20.5. The quantitative estimate of drug-likeness (QED) is 0.321. The summed E-state index contributed by atoms with van der Waals surface area (Å²) in [4.78, 5) is 6.93. The van der Waals surface area contributed by atoms with Gasteiger partial charge in [0.05, 0.1) is 6.10 Å². The lowest BCUT2D eigenvalue weighted by molar-refractivity contribution is 0.198. The number of nitrogens with zero attached hydrogens (tertiary/aromatic N) is 2. The number of nitrogens with one attached hydrogen (secondary N) is 2. The summed E-state index contributed by atoms with van der Waals surface area (Å²) in [6.07, 6.45) is 2.46. The lowest BCUT2D eigenvalue weighted by atomic mass is 10.0. The summed E-state index contributed by atoms with van der Waals surface area (Å²) in [6.45, 7) is 8.09. The predicted octanol–water partition coefficient (Wildman–Crippen LogP) is 4.42. The van der Waals surface area contributed by atoms with Gasteiger partial charge in [0.2, 0.25) is 0 Å². The first-order valence-electron chi connectivity index (χ1n) is 10.6. The number of halogens is 1. The number of ether oxygens (including phenoxy) is 1. The third kappa shape index (κ3) is 8.14. The van der Waals surface area contributed by atoms with Crippen LogP contribution >= 0.6 is 24.0 Å². The van der Waals surface area contributed by atoms with Crippen molar-refractivity contribution < 1.29 is 4.74 Å². The molecule has 1 saturated heterocycles. The van der Waals surface area contributed by atoms with Gasteiger partial charge in [-0.25, -0.2) is 0 Å². The second kappa shape index (κ2) is 12.8. The molecule has 0 spiro atoms. The Morgan fingerprint density at radius 3 is 2.30 bits per heavy atom. The van der Waals surface area contributed by atoms with Gasteiger partial charge in [-0.15, -0.1) is 24.0 Å². The maximum absolute atomic E-state index is 5.70. The molecule has 0 aliphatic carbocycles. The van der Waals surface area contributed by atoms with Gasteiger partial charge in [-0.2, -0.15) is 0 Å². The average molecular weight is 522 g/mol. The first-order chi connectivity index (χ1) is 14.1. The highest BCUT2D eigenvalue weighted by Gasteiger charge is 2.20. The summed E-state index contributed by atoms with van der Waals surface area (Å²) in [5, 5.41) is 7.01. The van der Waals surface area contributed by atoms with E-state index < -0.39 is 0 Å². The SMILES string of the molecule is CN=C(NCc1ccc(OC(C)C)cc1)NC1CCN(Cc2ccccc2)CC1.I. The zero-order valence-corrected chi connectivity index (χ0v) is 20.6. The van der Waals surface area contributed by atoms with Crippen LogP contribution in [0.3, 0.4) is 0 Å². The Morgan fingerprint density at radius 2 is 1.70 bits per heavy atom. The van der Waals surface area contributed by atoms with Crippen LogP contribution in [0.15, 0.2) is 59.6 Å². The topological polar surface area (TPSA) is 48.9 Å². The number of aliphatic imine (C=N–C) groups is 1. The minimum Gasteiger partial charge on any atom is -0.491 e. The van der Waals surface area contributed by atoms with Crippen LogP contribution in [0.1, 0.15) is 37.8 Å². The minimum absolute atomic E-state index is 0. The van der Waals surface area contributed by atoms with Gasteiger partial charge in [0, 0.05) is 39.3 Å². The molecule has 6 heteroatoms. The van der Waals surface area contributed by atoms with Gasteiger partial charge >= 0.3 is 0 Å². The summed E-state index contributed by atoms with van der Waals surface area (Å²) in [6, 6.07) is 19.4. The third-order valence-corrected chi connectivity index (χ3v) is 5.16. The molecule has 164 valence electrons. The van der Waals surface area contributed by atoms with Crippen LogP contribution in [0, 0.1) is 0 Å². The van der Waals surface area contributed by atoms with E-state index in [-0.39, 0.29) is 30.1 Å². The molecular formula is C24H35IN4O. The summed E-state index contributed by atoms with van der Waals surface area (Å²) in [5.41, 5.74) is 2.60. The summed E-state index contributed by atoms with van der Waals surface area (Å²) < 4.78 is 5.70. The number of hydrogen-bond donors (Lipinski definition) is 2. The lowest BCUT2D eigenvalue weighted by Crippen LogP contribution is -2.48. The molecule has 0 radical (unpaired) electrons. The molecule has 30 heavy (non-hydrogen) atoms. The minimum atomic E-state index is 0. The first kappa shape index (κ1) is 24.5. The number of guanidine groups is 1. The van der Waals surface area contributed by atoms with E-state index in [9.17, 15) is 0 Å². The standard InChI is InChI=1S/C24H34N4O.HI/c1-19(2)29-23-11-9-20(10-12-23)17-26-24(25-3)27-22-13-15-28(16-14-22)18-21-7-5-4-6-8-21;/h4-12,19,22H,13-18H2,1-3H3,(H2,25,26,27);1H. The molecule has 2 aromatic carbocycles. The Hall–Kier alpha value is -1.80. The Morgan fingerprint density at radius 1 is 1.03 bits per heavy atom. The summed E-state index contributed by atoms with van der Waals surface area (Å²) >= 11 is 0. The molecular weight excluding hydrogens is 487 g/mol. The molecule has 0 saturated carbocycles. The van der Waals surface area contributed by atoms with Gasteiger partial charge in [0.25, 0.3) is 0 Å². The van der Waals surface area contributed by atoms with Gasteiger partial charge in [-0.1, -0.05) is 42.5 Å². The molecule has 1 heterocycles. The Labute approximate surface area is 198 Å². The van der Waals surface area contributed by atoms with Gasteiger partial charge in [0.1, 0.15) is 5.75 Å². The number of piperidine rings is 1. The lowest BCUT2D eigenvalue weighted by Gasteiger charge is -2.33. The Kier molecular flexibility index (Phi) is 10.4. The summed E-state index contributed by atoms with van der Waals surface area (Å²) in [7, 11) is 1.83. The van der Waals surface area contributed by atoms with Crippen molar-refractivity contribution in [2.75, 3.05) is 20.1 Å². The van der Waals surface area contributed by atoms with Crippen molar-refractivity contribution in [3.8, 4) is 5.75 Å². The molecule has 2 N–H and O–H groups in total. The molecule has 1 fully saturated rings. The van der Waals surface area contributed by atoms with Crippen LogP contribution in [0.2, 0.25) is 0 Å². The van der Waals surface area contributed by atoms with Crippen LogP contribution in [0.5, 0.6) is 5.75 Å². The van der Waals surface area contributed by atoms with E-state index in [1.165, 1.54) is 11.1 Å². The fraction of sp³-hybridized carbons (Fsp3) is 0.458. The number of likely N-dealkylation sites (tertiary alicyclic amines) is 1. The normalized spacial score (nSPS) is 15.5. The van der Waals surface area contributed by atoms with Gasteiger partial charge < -0.3 is 15.4 Å². The fourth-order valence-electron chi connectivity index (χ4n) is 3.61. The van der Waals surface area contributed by atoms with Crippen molar-refractivity contribution in [3.05, 3.63) is 65.7 Å². The van der Waals surface area contributed by atoms with Crippen LogP contribution in [-0.4, -0.2) is 43.1 Å². The Bertz CT molecular complexity index is 757. The maximum atomic E-state index is 5.70. The van der Waals surface area contributed by atoms with Crippen LogP contribution in [0.4, 0.5) is 0 Å². The van der Waals surface area contributed by atoms with Crippen molar-refractivity contribution in [2.24, 2.45) is 4.99 Å². The van der Waals surface area contributed by atoms with Crippen molar-refractivity contribution in [2.45, 2.75) is 51.9 Å². The highest BCUT2D eigenvalue weighted by molar-refractivity contribution is 14.0. The van der Waals surface area contributed by atoms with E-state index in [1.807, 2.05) is 33.0 Å². The molecule has 0 unspecified atom stereocenters. The molecule has 1 aliphatic rings. The van der Waals surface area contributed by atoms with E-state index in [2.05, 4.69) is 63.0 Å². The highest BCUT2D eigenvalue weighted by atomic mass is 127. The largest absolute Gasteiger partial charge is 0.491 e. The molecule has 5 nitrogen and oxygen atoms in total. The number of hydrogen-bond acceptors (Lipinski definition) is 3. The van der Waals surface area contributed by atoms with E-state index >= 15 is 0 Å². The van der Waals surface area contributed by atoms with Crippen molar-refractivity contribution in [3.63, 3.8) is 0 Å². The first-order valence-corrected chi connectivity index (χ1v) is 10.6. The van der Waals surface area contributed by atoms with Gasteiger partial charge in [-0.05, 0) is 49.9 Å². The molecule has 1 aliphatic heterocycles. The molecule has 0 atom stereocenters. The third-order valence-electron chi connectivity index (χ3n) is 5.16. The second-order valence-corrected chi connectivity index (χ2v) is 7.92. The molecule has 0 amide bonds. The molecule has 0 bridgehead atoms. The number of rotatable bonds is 7. The van der Waals surface area contributed by atoms with Crippen LogP contribution in [0.25, 0.3) is 0 Å². The fourth-order valence-corrected chi connectivity index (χ4v) is 3.61. The zero-order valence-electron chi connectivity index (χ0n) is 18.3. The predicted molar refractivity (Wildman–Crippen MR) is 136 cm³/mol. The van der Waals surface area contributed by atoms with Gasteiger partial charge in [-0.3, -0.25) is 9.89 Å². The van der Waals surface area contributed by atoms with E-state index in [4.69, 9.17) is 4.74 Å². The monoisotopic (exact) mass is 522 g/mol. The van der Waals surface area contributed by atoms with E-state index in [0.717, 1.165) is 50.7 Å². The van der Waals surface area contributed by atoms with Crippen LogP contribution in [-0.2, 0) is 13.1 Å².